The van der Waals surface area contributed by atoms with Gasteiger partial charge in [0, 0.05) is 47.6 Å². The third kappa shape index (κ3) is 3.60. The van der Waals surface area contributed by atoms with Crippen molar-refractivity contribution in [2.75, 3.05) is 19.7 Å². The molecule has 1 aliphatic heterocycles. The molecule has 0 bridgehead atoms. The molecule has 7 nitrogen and oxygen atoms in total. The summed E-state index contributed by atoms with van der Waals surface area (Å²) in [7, 11) is 0. The van der Waals surface area contributed by atoms with Crippen LogP contribution in [-0.4, -0.2) is 46.6 Å². The van der Waals surface area contributed by atoms with Crippen molar-refractivity contribution in [1.29, 1.82) is 0 Å². The molecule has 3 aliphatic carbocycles. The fraction of sp³-hybridized carbons (Fsp3) is 0.750. The number of carbonyl (C=O) groups is 2. The Morgan fingerprint density at radius 2 is 1.90 bits per heavy atom. The van der Waals surface area contributed by atoms with Gasteiger partial charge in [-0.3, -0.25) is 4.79 Å². The third-order valence-corrected chi connectivity index (χ3v) is 8.44. The maximum absolute atomic E-state index is 13.0. The summed E-state index contributed by atoms with van der Waals surface area (Å²) in [5, 5.41) is 0. The molecule has 4 aliphatic rings. The monoisotopic (exact) mass is 426 g/mol. The number of likely N-dealkylation sites (tertiary alicyclic amines) is 1. The SMILES string of the molecule is CC(C)(C)c1nccc(C2CC3(CCN(C(=O)[C@@H]4C[C@]5(COC(N)=O)CC45)CC3)C2)n1. The molecule has 3 atom stereocenters. The number of primary amides is 1. The van der Waals surface area contributed by atoms with Gasteiger partial charge >= 0.3 is 6.09 Å². The molecule has 5 rings (SSSR count). The highest BCUT2D eigenvalue weighted by molar-refractivity contribution is 5.81. The van der Waals surface area contributed by atoms with E-state index in [1.807, 2.05) is 6.20 Å². The molecular formula is C24H34N4O3. The van der Waals surface area contributed by atoms with Crippen LogP contribution < -0.4 is 5.73 Å². The van der Waals surface area contributed by atoms with Gasteiger partial charge in [0.25, 0.3) is 0 Å². The first-order chi connectivity index (χ1) is 14.6. The Kier molecular flexibility index (Phi) is 4.61. The molecule has 1 saturated heterocycles. The highest BCUT2D eigenvalue weighted by atomic mass is 16.5. The zero-order valence-electron chi connectivity index (χ0n) is 18.9. The first kappa shape index (κ1) is 20.7. The molecule has 4 fully saturated rings. The van der Waals surface area contributed by atoms with E-state index in [2.05, 4.69) is 36.7 Å². The average Bonchev–Trinajstić information content (AvgIpc) is 3.27. The number of piperidine rings is 1. The van der Waals surface area contributed by atoms with E-state index in [0.29, 0.717) is 29.8 Å². The van der Waals surface area contributed by atoms with Gasteiger partial charge < -0.3 is 15.4 Å². The Morgan fingerprint density at radius 3 is 2.52 bits per heavy atom. The first-order valence-electron chi connectivity index (χ1n) is 11.7. The molecule has 1 aromatic heterocycles. The van der Waals surface area contributed by atoms with Crippen LogP contribution in [0.5, 0.6) is 0 Å². The second-order valence-electron chi connectivity index (χ2n) is 11.6. The van der Waals surface area contributed by atoms with Crippen LogP contribution in [0.4, 0.5) is 4.79 Å². The number of aromatic nitrogens is 2. The number of nitrogens with two attached hydrogens (primary N) is 1. The molecule has 7 heteroatoms. The van der Waals surface area contributed by atoms with Crippen LogP contribution in [0, 0.1) is 22.7 Å². The predicted octanol–water partition coefficient (Wildman–Crippen LogP) is 3.38. The van der Waals surface area contributed by atoms with E-state index >= 15 is 0 Å². The fourth-order valence-corrected chi connectivity index (χ4v) is 6.30. The van der Waals surface area contributed by atoms with Crippen LogP contribution in [0.2, 0.25) is 0 Å². The van der Waals surface area contributed by atoms with Crippen LogP contribution in [0.3, 0.4) is 0 Å². The molecule has 3 saturated carbocycles. The zero-order chi connectivity index (χ0) is 22.0. The minimum atomic E-state index is -0.716. The minimum absolute atomic E-state index is 0.0320. The molecule has 2 amide bonds. The third-order valence-electron chi connectivity index (χ3n) is 8.44. The topological polar surface area (TPSA) is 98.4 Å². The highest BCUT2D eigenvalue weighted by Gasteiger charge is 2.70. The van der Waals surface area contributed by atoms with Crippen molar-refractivity contribution in [3.05, 3.63) is 23.8 Å². The Hall–Kier alpha value is -2.18. The zero-order valence-corrected chi connectivity index (χ0v) is 18.9. The van der Waals surface area contributed by atoms with E-state index in [0.717, 1.165) is 44.6 Å². The summed E-state index contributed by atoms with van der Waals surface area (Å²) in [5.41, 5.74) is 6.67. The van der Waals surface area contributed by atoms with Crippen molar-refractivity contribution in [2.45, 2.75) is 70.6 Å². The number of carbonyl (C=O) groups excluding carboxylic acids is 2. The summed E-state index contributed by atoms with van der Waals surface area (Å²) in [6.45, 7) is 8.58. The van der Waals surface area contributed by atoms with Crippen LogP contribution in [0.1, 0.15) is 76.7 Å². The quantitative estimate of drug-likeness (QED) is 0.796. The van der Waals surface area contributed by atoms with Gasteiger partial charge in [0.15, 0.2) is 0 Å². The second kappa shape index (κ2) is 6.91. The number of rotatable bonds is 4. The Labute approximate surface area is 184 Å². The highest BCUT2D eigenvalue weighted by Crippen LogP contribution is 2.71. The lowest BCUT2D eigenvalue weighted by atomic mass is 9.56. The van der Waals surface area contributed by atoms with Gasteiger partial charge in [-0.15, -0.1) is 0 Å². The Balaban J connectivity index is 1.11. The standard InChI is InChI=1S/C24H34N4O3/c1-22(2,3)20-26-7-4-18(27-20)15-10-23(11-15)5-8-28(9-6-23)19(29)16-12-24(13-17(16)24)14-31-21(25)30/h4,7,15-17H,5-6,8-14H2,1-3H3,(H2,25,30)/t16-,17?,24-/m1/s1. The smallest absolute Gasteiger partial charge is 0.404 e. The van der Waals surface area contributed by atoms with Gasteiger partial charge in [0.2, 0.25) is 5.91 Å². The lowest BCUT2D eigenvalue weighted by Gasteiger charge is -2.52. The van der Waals surface area contributed by atoms with Crippen LogP contribution in [0.15, 0.2) is 12.3 Å². The Morgan fingerprint density at radius 1 is 1.19 bits per heavy atom. The summed E-state index contributed by atoms with van der Waals surface area (Å²) in [6, 6.07) is 2.08. The molecular weight excluding hydrogens is 392 g/mol. The molecule has 1 aromatic rings. The number of nitrogens with zero attached hydrogens (tertiary/aromatic N) is 3. The van der Waals surface area contributed by atoms with Gasteiger partial charge in [-0.1, -0.05) is 20.8 Å². The second-order valence-corrected chi connectivity index (χ2v) is 11.6. The van der Waals surface area contributed by atoms with Gasteiger partial charge in [-0.25, -0.2) is 14.8 Å². The maximum Gasteiger partial charge on any atom is 0.404 e. The maximum atomic E-state index is 13.0. The lowest BCUT2D eigenvalue weighted by Crippen LogP contribution is -2.51. The molecule has 0 aromatic carbocycles. The van der Waals surface area contributed by atoms with Crippen molar-refractivity contribution in [3.8, 4) is 0 Å². The normalized spacial score (nSPS) is 31.4. The lowest BCUT2D eigenvalue weighted by molar-refractivity contribution is -0.144. The van der Waals surface area contributed by atoms with Crippen LogP contribution >= 0.6 is 0 Å². The van der Waals surface area contributed by atoms with Gasteiger partial charge in [-0.05, 0) is 55.9 Å². The molecule has 31 heavy (non-hydrogen) atoms. The summed E-state index contributed by atoms with van der Waals surface area (Å²) >= 11 is 0. The van der Waals surface area contributed by atoms with Crippen molar-refractivity contribution < 1.29 is 14.3 Å². The summed E-state index contributed by atoms with van der Waals surface area (Å²) in [4.78, 5) is 35.3. The van der Waals surface area contributed by atoms with E-state index in [-0.39, 0.29) is 16.7 Å². The summed E-state index contributed by atoms with van der Waals surface area (Å²) in [6.07, 6.45) is 7.57. The van der Waals surface area contributed by atoms with Crippen molar-refractivity contribution >= 4 is 12.0 Å². The van der Waals surface area contributed by atoms with Crippen LogP contribution in [-0.2, 0) is 14.9 Å². The molecule has 2 N–H and O–H groups in total. The number of hydrogen-bond donors (Lipinski definition) is 1. The summed E-state index contributed by atoms with van der Waals surface area (Å²) < 4.78 is 4.99. The van der Waals surface area contributed by atoms with Crippen LogP contribution in [0.25, 0.3) is 0 Å². The first-order valence-corrected chi connectivity index (χ1v) is 11.7. The van der Waals surface area contributed by atoms with E-state index in [4.69, 9.17) is 15.5 Å². The Bertz CT molecular complexity index is 894. The van der Waals surface area contributed by atoms with E-state index in [9.17, 15) is 9.59 Å². The number of hydrogen-bond acceptors (Lipinski definition) is 5. The van der Waals surface area contributed by atoms with E-state index < -0.39 is 6.09 Å². The number of ether oxygens (including phenoxy) is 1. The fourth-order valence-electron chi connectivity index (χ4n) is 6.30. The van der Waals surface area contributed by atoms with Crippen molar-refractivity contribution in [3.63, 3.8) is 0 Å². The van der Waals surface area contributed by atoms with Crippen molar-refractivity contribution in [2.24, 2.45) is 28.4 Å². The molecule has 0 radical (unpaired) electrons. The molecule has 1 spiro atoms. The summed E-state index contributed by atoms with van der Waals surface area (Å²) in [5.74, 6) is 2.27. The molecule has 2 heterocycles. The van der Waals surface area contributed by atoms with Gasteiger partial charge in [-0.2, -0.15) is 0 Å². The predicted molar refractivity (Wildman–Crippen MR) is 115 cm³/mol. The van der Waals surface area contributed by atoms with E-state index in [1.165, 1.54) is 18.5 Å². The van der Waals surface area contributed by atoms with E-state index in [1.54, 1.807) is 0 Å². The largest absolute Gasteiger partial charge is 0.449 e. The number of amides is 2. The average molecular weight is 427 g/mol. The molecule has 168 valence electrons. The minimum Gasteiger partial charge on any atom is -0.449 e. The number of fused-ring (bicyclic) bond motifs is 1. The van der Waals surface area contributed by atoms with Gasteiger partial charge in [0.05, 0.1) is 6.61 Å². The molecule has 1 unspecified atom stereocenters. The van der Waals surface area contributed by atoms with Gasteiger partial charge in [0.1, 0.15) is 5.82 Å². The van der Waals surface area contributed by atoms with Crippen molar-refractivity contribution in [1.82, 2.24) is 14.9 Å².